The van der Waals surface area contributed by atoms with Crippen molar-refractivity contribution in [3.63, 3.8) is 0 Å². The molecular weight excluding hydrogens is 799 g/mol. The summed E-state index contributed by atoms with van der Waals surface area (Å²) in [6.07, 6.45) is 0.579. The molecule has 1 aliphatic heterocycles. The van der Waals surface area contributed by atoms with Crippen molar-refractivity contribution >= 4 is 49.4 Å². The summed E-state index contributed by atoms with van der Waals surface area (Å²) in [5, 5.41) is 22.5. The smallest absolute Gasteiger partial charge is 0.248 e. The molecule has 0 amide bonds. The molecule has 64 heavy (non-hydrogen) atoms. The second-order valence-electron chi connectivity index (χ2n) is 16.4. The van der Waals surface area contributed by atoms with Gasteiger partial charge in [-0.15, -0.1) is 20.4 Å². The first-order chi connectivity index (χ1) is 31.6. The van der Waals surface area contributed by atoms with Crippen molar-refractivity contribution < 1.29 is 17.7 Å². The number of nitrogens with zero attached hydrogens (tertiary/aromatic N) is 7. The molecule has 0 saturated carbocycles. The van der Waals surface area contributed by atoms with Crippen molar-refractivity contribution in [3.05, 3.63) is 174 Å². The van der Waals surface area contributed by atoms with Gasteiger partial charge in [-0.25, -0.2) is 9.97 Å². The van der Waals surface area contributed by atoms with Crippen LogP contribution in [0.2, 0.25) is 0 Å². The molecular formula is C53H31N7O4. The highest BCUT2D eigenvalue weighted by Crippen LogP contribution is 2.62. The molecule has 1 aliphatic carbocycles. The minimum atomic E-state index is -0.834. The average molecular weight is 830 g/mol. The molecule has 0 saturated heterocycles. The number of aromatic nitrogens is 6. The molecule has 1 atom stereocenters. The second-order valence-corrected chi connectivity index (χ2v) is 16.4. The van der Waals surface area contributed by atoms with E-state index in [0.29, 0.717) is 47.3 Å². The van der Waals surface area contributed by atoms with Crippen LogP contribution in [0, 0.1) is 0 Å². The van der Waals surface area contributed by atoms with Crippen molar-refractivity contribution in [2.45, 2.75) is 12.0 Å². The van der Waals surface area contributed by atoms with Gasteiger partial charge in [0.1, 0.15) is 11.0 Å². The summed E-state index contributed by atoms with van der Waals surface area (Å²) < 4.78 is 26.0. The molecule has 0 unspecified atom stereocenters. The summed E-state index contributed by atoms with van der Waals surface area (Å²) in [5.74, 6) is 2.84. The molecule has 5 heterocycles. The number of rotatable bonds is 6. The molecule has 11 heteroatoms. The number of oxazole rings is 2. The Labute approximate surface area is 363 Å². The van der Waals surface area contributed by atoms with E-state index in [4.69, 9.17) is 32.7 Å². The van der Waals surface area contributed by atoms with E-state index in [-0.39, 0.29) is 0 Å². The van der Waals surface area contributed by atoms with E-state index in [9.17, 15) is 0 Å². The van der Waals surface area contributed by atoms with E-state index >= 15 is 0 Å². The maximum atomic E-state index is 6.64. The van der Waals surface area contributed by atoms with Crippen LogP contribution < -0.4 is 4.90 Å². The Morgan fingerprint density at radius 3 is 1.59 bits per heavy atom. The molecule has 8 aromatic carbocycles. The summed E-state index contributed by atoms with van der Waals surface area (Å²) in [7, 11) is 2.16. The van der Waals surface area contributed by atoms with Gasteiger partial charge in [-0.2, -0.15) is 0 Å². The number of benzene rings is 8. The van der Waals surface area contributed by atoms with E-state index < -0.39 is 5.54 Å². The monoisotopic (exact) mass is 829 g/mol. The van der Waals surface area contributed by atoms with Crippen LogP contribution in [0.4, 0.5) is 5.69 Å². The van der Waals surface area contributed by atoms with E-state index in [0.717, 1.165) is 93.9 Å². The minimum Gasteiger partial charge on any atom is -0.436 e. The van der Waals surface area contributed by atoms with Crippen LogP contribution >= 0.6 is 0 Å². The number of para-hydroxylation sites is 4. The Hall–Kier alpha value is -8.70. The Balaban J connectivity index is 1.04. The molecule has 12 aromatic rings. The van der Waals surface area contributed by atoms with Gasteiger partial charge >= 0.3 is 0 Å². The van der Waals surface area contributed by atoms with E-state index in [1.54, 1.807) is 0 Å². The molecule has 0 N–H and O–H groups in total. The molecule has 302 valence electrons. The van der Waals surface area contributed by atoms with Crippen LogP contribution in [0.5, 0.6) is 0 Å². The van der Waals surface area contributed by atoms with Crippen molar-refractivity contribution in [3.8, 4) is 68.7 Å². The topological polar surface area (TPSA) is 133 Å². The van der Waals surface area contributed by atoms with Gasteiger partial charge < -0.3 is 22.6 Å². The van der Waals surface area contributed by atoms with Crippen LogP contribution in [0.15, 0.2) is 175 Å². The maximum Gasteiger partial charge on any atom is 0.248 e. The highest BCUT2D eigenvalue weighted by molar-refractivity contribution is 6.11. The Morgan fingerprint density at radius 2 is 0.938 bits per heavy atom. The highest BCUT2D eigenvalue weighted by atomic mass is 16.4. The second kappa shape index (κ2) is 12.9. The number of anilines is 1. The first kappa shape index (κ1) is 35.0. The van der Waals surface area contributed by atoms with Crippen LogP contribution in [0.1, 0.15) is 16.7 Å². The third kappa shape index (κ3) is 4.91. The average Bonchev–Trinajstić information content (AvgIpc) is 4.22. The van der Waals surface area contributed by atoms with Gasteiger partial charge in [0, 0.05) is 69.0 Å². The van der Waals surface area contributed by atoms with Crippen LogP contribution in [-0.2, 0) is 12.0 Å². The highest BCUT2D eigenvalue weighted by Gasteiger charge is 2.53. The van der Waals surface area contributed by atoms with Gasteiger partial charge in [-0.05, 0) is 107 Å². The Morgan fingerprint density at radius 1 is 0.438 bits per heavy atom. The molecule has 4 aromatic heterocycles. The SMILES string of the molecule is CN1c2cc(-c3nnc(-c4ccccc4)o3)cc3ccc(-c4nnc(-c5ccccc5)o4)c(c23)[C@]12Cc1cc(-c3nc4ccccc4o3)cc3ccc(-c4nc5ccccc5o4)c2c13. The normalized spacial score (nSPS) is 15.2. The lowest BCUT2D eigenvalue weighted by molar-refractivity contribution is 0.532. The fraction of sp³-hybridized carbons (Fsp3) is 0.0566. The van der Waals surface area contributed by atoms with E-state index in [1.165, 1.54) is 0 Å². The van der Waals surface area contributed by atoms with Gasteiger partial charge in [-0.3, -0.25) is 0 Å². The fourth-order valence-electron chi connectivity index (χ4n) is 10.2. The van der Waals surface area contributed by atoms with Crippen molar-refractivity contribution in [1.29, 1.82) is 0 Å². The summed E-state index contributed by atoms with van der Waals surface area (Å²) in [5.41, 5.74) is 11.5. The summed E-state index contributed by atoms with van der Waals surface area (Å²) in [6.45, 7) is 0. The quantitative estimate of drug-likeness (QED) is 0.158. The summed E-state index contributed by atoms with van der Waals surface area (Å²) in [4.78, 5) is 12.4. The van der Waals surface area contributed by atoms with Crippen LogP contribution in [0.3, 0.4) is 0 Å². The molecule has 1 spiro atoms. The maximum absolute atomic E-state index is 6.64. The first-order valence-electron chi connectivity index (χ1n) is 21.0. The van der Waals surface area contributed by atoms with Crippen molar-refractivity contribution in [1.82, 2.24) is 30.4 Å². The lowest BCUT2D eigenvalue weighted by atomic mass is 9.78. The number of likely N-dealkylation sites (N-methyl/N-ethyl adjacent to an activating group) is 1. The number of fused-ring (bicyclic) bond motifs is 4. The van der Waals surface area contributed by atoms with Gasteiger partial charge in [-0.1, -0.05) is 72.8 Å². The zero-order chi connectivity index (χ0) is 42.1. The molecule has 14 rings (SSSR count). The summed E-state index contributed by atoms with van der Waals surface area (Å²) in [6, 6.07) is 52.6. The standard InChI is InChI=1S/C53H31N7O4/c1-60-40-27-34(50-58-56-48(63-50)29-12-4-2-5-13-29)25-32-21-23-37(52-59-57-49(64-52)30-14-6-3-7-15-30)46(44(32)40)53(60)28-35-26-33(47-54-38-16-8-10-18-41(38)61-47)24-31-20-22-36(45(53)43(31)35)51-55-39-17-9-11-19-42(39)62-51/h2-27H,28H2,1H3/t53-/m1/s1. The number of hydrogen-bond acceptors (Lipinski definition) is 11. The number of hydrogen-bond donors (Lipinski definition) is 0. The van der Waals surface area contributed by atoms with Crippen molar-refractivity contribution in [2.24, 2.45) is 0 Å². The summed E-state index contributed by atoms with van der Waals surface area (Å²) >= 11 is 0. The van der Waals surface area contributed by atoms with Crippen molar-refractivity contribution in [2.75, 3.05) is 11.9 Å². The first-order valence-corrected chi connectivity index (χ1v) is 21.0. The van der Waals surface area contributed by atoms with Gasteiger partial charge in [0.05, 0.1) is 5.54 Å². The molecule has 11 nitrogen and oxygen atoms in total. The predicted octanol–water partition coefficient (Wildman–Crippen LogP) is 12.3. The molecule has 2 aliphatic rings. The Bertz CT molecular complexity index is 3800. The van der Waals surface area contributed by atoms with Crippen LogP contribution in [-0.4, -0.2) is 37.4 Å². The lowest BCUT2D eigenvalue weighted by Crippen LogP contribution is -2.42. The molecule has 0 bridgehead atoms. The zero-order valence-corrected chi connectivity index (χ0v) is 34.0. The zero-order valence-electron chi connectivity index (χ0n) is 34.0. The fourth-order valence-corrected chi connectivity index (χ4v) is 10.2. The van der Waals surface area contributed by atoms with E-state index in [1.807, 2.05) is 109 Å². The van der Waals surface area contributed by atoms with Gasteiger partial charge in [0.25, 0.3) is 0 Å². The molecule has 0 radical (unpaired) electrons. The largest absolute Gasteiger partial charge is 0.436 e. The van der Waals surface area contributed by atoms with Gasteiger partial charge in [0.15, 0.2) is 11.2 Å². The predicted molar refractivity (Wildman–Crippen MR) is 244 cm³/mol. The third-order valence-corrected chi connectivity index (χ3v) is 12.9. The minimum absolute atomic E-state index is 0.420. The lowest BCUT2D eigenvalue weighted by Gasteiger charge is -2.38. The Kier molecular flexibility index (Phi) is 7.05. The van der Waals surface area contributed by atoms with E-state index in [2.05, 4.69) is 75.8 Å². The van der Waals surface area contributed by atoms with Crippen LogP contribution in [0.25, 0.3) is 112 Å². The third-order valence-electron chi connectivity index (χ3n) is 12.9. The van der Waals surface area contributed by atoms with Gasteiger partial charge in [0.2, 0.25) is 35.3 Å². The molecule has 0 fully saturated rings.